The Bertz CT molecular complexity index is 990. The fraction of sp³-hybridized carbons (Fsp3) is 0.375. The lowest BCUT2D eigenvalue weighted by molar-refractivity contribution is 0.0698. The summed E-state index contributed by atoms with van der Waals surface area (Å²) >= 11 is 8.77. The van der Waals surface area contributed by atoms with Crippen LogP contribution in [-0.2, 0) is 0 Å². The number of carbonyl (C=O) groups excluding carboxylic acids is 2. The van der Waals surface area contributed by atoms with Crippen LogP contribution in [0.5, 0.6) is 5.75 Å². The Kier molecular flexibility index (Phi) is 8.64. The summed E-state index contributed by atoms with van der Waals surface area (Å²) in [5.41, 5.74) is 1.48. The molecular formula is C24H28BrN3O3S. The van der Waals surface area contributed by atoms with Crippen LogP contribution in [0.2, 0.25) is 0 Å². The highest BCUT2D eigenvalue weighted by molar-refractivity contribution is 9.10. The second-order valence-electron chi connectivity index (χ2n) is 7.92. The van der Waals surface area contributed by atoms with Gasteiger partial charge in [0.2, 0.25) is 0 Å². The number of hydrogen-bond acceptors (Lipinski definition) is 4. The maximum absolute atomic E-state index is 13.1. The molecule has 2 aromatic carbocycles. The van der Waals surface area contributed by atoms with Crippen LogP contribution in [0.15, 0.2) is 46.9 Å². The molecule has 32 heavy (non-hydrogen) atoms. The Morgan fingerprint density at radius 3 is 2.59 bits per heavy atom. The molecule has 1 saturated heterocycles. The zero-order valence-electron chi connectivity index (χ0n) is 18.3. The zero-order chi connectivity index (χ0) is 23.1. The molecule has 2 amide bonds. The molecule has 0 aliphatic carbocycles. The number of likely N-dealkylation sites (tertiary alicyclic amines) is 1. The van der Waals surface area contributed by atoms with E-state index in [0.29, 0.717) is 35.1 Å². The highest BCUT2D eigenvalue weighted by Gasteiger charge is 2.23. The third-order valence-corrected chi connectivity index (χ3v) is 6.05. The number of para-hydroxylation sites is 1. The van der Waals surface area contributed by atoms with Crippen molar-refractivity contribution >= 4 is 50.8 Å². The largest absolute Gasteiger partial charge is 0.493 e. The van der Waals surface area contributed by atoms with Crippen LogP contribution in [0, 0.1) is 5.92 Å². The number of halogens is 1. The monoisotopic (exact) mass is 517 g/mol. The number of anilines is 1. The molecule has 1 fully saturated rings. The predicted molar refractivity (Wildman–Crippen MR) is 134 cm³/mol. The summed E-state index contributed by atoms with van der Waals surface area (Å²) in [6, 6.07) is 12.5. The van der Waals surface area contributed by atoms with Gasteiger partial charge in [-0.2, -0.15) is 0 Å². The molecule has 1 heterocycles. The van der Waals surface area contributed by atoms with Crippen molar-refractivity contribution in [1.29, 1.82) is 0 Å². The number of nitrogens with one attached hydrogen (secondary N) is 2. The molecule has 2 N–H and O–H groups in total. The lowest BCUT2D eigenvalue weighted by Crippen LogP contribution is -2.39. The molecule has 2 aromatic rings. The SMILES string of the molecule is CCCOc1ccc(Br)cc1C(=O)NC(=S)Nc1ccccc1C(=O)N1CCC(C)CC1. The summed E-state index contributed by atoms with van der Waals surface area (Å²) in [7, 11) is 0. The number of hydrogen-bond donors (Lipinski definition) is 2. The first kappa shape index (κ1) is 24.2. The van der Waals surface area contributed by atoms with Gasteiger partial charge in [0.15, 0.2) is 5.11 Å². The molecule has 0 bridgehead atoms. The number of piperidine rings is 1. The first-order valence-electron chi connectivity index (χ1n) is 10.8. The summed E-state index contributed by atoms with van der Waals surface area (Å²) < 4.78 is 6.45. The van der Waals surface area contributed by atoms with Crippen molar-refractivity contribution in [2.45, 2.75) is 33.1 Å². The minimum absolute atomic E-state index is 0.0311. The lowest BCUT2D eigenvalue weighted by Gasteiger charge is -2.31. The first-order valence-corrected chi connectivity index (χ1v) is 12.0. The molecule has 0 unspecified atom stereocenters. The molecule has 3 rings (SSSR count). The van der Waals surface area contributed by atoms with Crippen molar-refractivity contribution in [2.24, 2.45) is 5.92 Å². The van der Waals surface area contributed by atoms with Crippen molar-refractivity contribution in [3.05, 3.63) is 58.1 Å². The Balaban J connectivity index is 1.70. The number of ether oxygens (including phenoxy) is 1. The van der Waals surface area contributed by atoms with Gasteiger partial charge in [-0.15, -0.1) is 0 Å². The summed E-state index contributed by atoms with van der Waals surface area (Å²) in [5, 5.41) is 5.83. The number of benzene rings is 2. The van der Waals surface area contributed by atoms with Crippen molar-refractivity contribution < 1.29 is 14.3 Å². The minimum Gasteiger partial charge on any atom is -0.493 e. The van der Waals surface area contributed by atoms with Crippen molar-refractivity contribution in [1.82, 2.24) is 10.2 Å². The fourth-order valence-electron chi connectivity index (χ4n) is 3.50. The number of amides is 2. The molecule has 6 nitrogen and oxygen atoms in total. The molecule has 0 radical (unpaired) electrons. The van der Waals surface area contributed by atoms with E-state index in [1.165, 1.54) is 0 Å². The molecule has 0 aromatic heterocycles. The maximum Gasteiger partial charge on any atom is 0.261 e. The van der Waals surface area contributed by atoms with Crippen molar-refractivity contribution in [3.63, 3.8) is 0 Å². The molecular weight excluding hydrogens is 490 g/mol. The summed E-state index contributed by atoms with van der Waals surface area (Å²) in [4.78, 5) is 27.8. The van der Waals surface area contributed by atoms with Gasteiger partial charge < -0.3 is 15.0 Å². The third kappa shape index (κ3) is 6.29. The second-order valence-corrected chi connectivity index (χ2v) is 9.24. The highest BCUT2D eigenvalue weighted by Crippen LogP contribution is 2.24. The Morgan fingerprint density at radius 1 is 1.16 bits per heavy atom. The van der Waals surface area contributed by atoms with Gasteiger partial charge in [0, 0.05) is 17.6 Å². The number of rotatable bonds is 6. The average molecular weight is 518 g/mol. The quantitative estimate of drug-likeness (QED) is 0.512. The topological polar surface area (TPSA) is 70.7 Å². The van der Waals surface area contributed by atoms with Crippen LogP contribution in [0.3, 0.4) is 0 Å². The Morgan fingerprint density at radius 2 is 1.88 bits per heavy atom. The van der Waals surface area contributed by atoms with E-state index in [9.17, 15) is 9.59 Å². The average Bonchev–Trinajstić information content (AvgIpc) is 2.78. The van der Waals surface area contributed by atoms with E-state index < -0.39 is 0 Å². The predicted octanol–water partition coefficient (Wildman–Crippen LogP) is 5.24. The smallest absolute Gasteiger partial charge is 0.261 e. The van der Waals surface area contributed by atoms with E-state index in [1.807, 2.05) is 30.0 Å². The van der Waals surface area contributed by atoms with Gasteiger partial charge in [-0.25, -0.2) is 0 Å². The maximum atomic E-state index is 13.1. The van der Waals surface area contributed by atoms with Crippen molar-refractivity contribution in [3.8, 4) is 5.75 Å². The van der Waals surface area contributed by atoms with Gasteiger partial charge in [-0.1, -0.05) is 41.9 Å². The van der Waals surface area contributed by atoms with Crippen LogP contribution >= 0.6 is 28.1 Å². The molecule has 0 spiro atoms. The molecule has 0 atom stereocenters. The molecule has 1 aliphatic rings. The van der Waals surface area contributed by atoms with E-state index in [1.54, 1.807) is 24.3 Å². The summed E-state index contributed by atoms with van der Waals surface area (Å²) in [6.45, 7) is 6.22. The van der Waals surface area contributed by atoms with Gasteiger partial charge in [0.25, 0.3) is 11.8 Å². The van der Waals surface area contributed by atoms with Crippen LogP contribution in [0.25, 0.3) is 0 Å². The first-order chi connectivity index (χ1) is 15.4. The number of nitrogens with zero attached hydrogens (tertiary/aromatic N) is 1. The zero-order valence-corrected chi connectivity index (χ0v) is 20.7. The molecule has 170 valence electrons. The van der Waals surface area contributed by atoms with E-state index in [2.05, 4.69) is 33.5 Å². The van der Waals surface area contributed by atoms with Crippen LogP contribution < -0.4 is 15.4 Å². The van der Waals surface area contributed by atoms with Gasteiger partial charge in [0.1, 0.15) is 5.75 Å². The summed E-state index contributed by atoms with van der Waals surface area (Å²) in [6.07, 6.45) is 2.84. The second kappa shape index (κ2) is 11.4. The van der Waals surface area contributed by atoms with Crippen LogP contribution in [0.4, 0.5) is 5.69 Å². The van der Waals surface area contributed by atoms with E-state index >= 15 is 0 Å². The third-order valence-electron chi connectivity index (χ3n) is 5.35. The van der Waals surface area contributed by atoms with Crippen LogP contribution in [-0.4, -0.2) is 41.5 Å². The number of carbonyl (C=O) groups is 2. The summed E-state index contributed by atoms with van der Waals surface area (Å²) in [5.74, 6) is 0.713. The standard InChI is InChI=1S/C24H28BrN3O3S/c1-3-14-31-21-9-8-17(25)15-19(21)22(29)27-24(32)26-20-7-5-4-6-18(20)23(30)28-12-10-16(2)11-13-28/h4-9,15-16H,3,10-14H2,1-2H3,(H2,26,27,29,32). The van der Waals surface area contributed by atoms with Crippen LogP contribution in [0.1, 0.15) is 53.8 Å². The normalized spacial score (nSPS) is 14.0. The van der Waals surface area contributed by atoms with E-state index in [0.717, 1.165) is 36.8 Å². The lowest BCUT2D eigenvalue weighted by atomic mass is 9.98. The fourth-order valence-corrected chi connectivity index (χ4v) is 4.07. The van der Waals surface area contributed by atoms with Gasteiger partial charge in [0.05, 0.1) is 23.4 Å². The Labute approximate surface area is 202 Å². The molecule has 0 saturated carbocycles. The van der Waals surface area contributed by atoms with Gasteiger partial charge >= 0.3 is 0 Å². The molecule has 8 heteroatoms. The van der Waals surface area contributed by atoms with E-state index in [-0.39, 0.29) is 16.9 Å². The molecule has 1 aliphatic heterocycles. The van der Waals surface area contributed by atoms with Gasteiger partial charge in [-0.05, 0) is 67.7 Å². The van der Waals surface area contributed by atoms with Crippen molar-refractivity contribution in [2.75, 3.05) is 25.0 Å². The minimum atomic E-state index is -0.385. The van der Waals surface area contributed by atoms with E-state index in [4.69, 9.17) is 17.0 Å². The van der Waals surface area contributed by atoms with Gasteiger partial charge in [-0.3, -0.25) is 14.9 Å². The number of thiocarbonyl (C=S) groups is 1. The highest BCUT2D eigenvalue weighted by atomic mass is 79.9. The Hall–Kier alpha value is -2.45.